The van der Waals surface area contributed by atoms with Gasteiger partial charge < -0.3 is 0 Å². The minimum Gasteiger partial charge on any atom is -0.294 e. The fraction of sp³-hybridized carbons (Fsp3) is 0.300. The summed E-state index contributed by atoms with van der Waals surface area (Å²) >= 11 is 0. The lowest BCUT2D eigenvalue weighted by atomic mass is 9.59. The second kappa shape index (κ2) is 4.94. The van der Waals surface area contributed by atoms with Crippen LogP contribution in [0.4, 0.5) is 0 Å². The van der Waals surface area contributed by atoms with E-state index < -0.39 is 23.4 Å². The van der Waals surface area contributed by atoms with E-state index in [4.69, 9.17) is 0 Å². The predicted molar refractivity (Wildman–Crippen MR) is 86.6 cm³/mol. The molecule has 0 aromatic heterocycles. The molecule has 0 N–H and O–H groups in total. The van der Waals surface area contributed by atoms with Crippen molar-refractivity contribution in [1.82, 2.24) is 0 Å². The van der Waals surface area contributed by atoms with Gasteiger partial charge in [0.1, 0.15) is 0 Å². The van der Waals surface area contributed by atoms with Gasteiger partial charge in [-0.1, -0.05) is 50.3 Å². The predicted octanol–water partition coefficient (Wildman–Crippen LogP) is 2.59. The Kier molecular flexibility index (Phi) is 3.07. The Bertz CT molecular complexity index is 816. The maximum atomic E-state index is 13.0. The molecule has 3 aliphatic carbocycles. The lowest BCUT2D eigenvalue weighted by molar-refractivity contribution is -0.133. The van der Waals surface area contributed by atoms with Crippen LogP contribution >= 0.6 is 0 Å². The quantitative estimate of drug-likeness (QED) is 0.544. The summed E-state index contributed by atoms with van der Waals surface area (Å²) in [6.45, 7) is 3.75. The molecule has 3 aliphatic rings. The molecule has 0 bridgehead atoms. The Balaban J connectivity index is 1.96. The topological polar surface area (TPSA) is 68.3 Å². The average Bonchev–Trinajstić information content (AvgIpc) is 2.58. The summed E-state index contributed by atoms with van der Waals surface area (Å²) in [6.07, 6.45) is 3.84. The molecule has 4 nitrogen and oxygen atoms in total. The van der Waals surface area contributed by atoms with Gasteiger partial charge >= 0.3 is 0 Å². The number of Topliss-reactive ketones (excluding diaryl/α,β-unsaturated/α-hetero) is 4. The summed E-state index contributed by atoms with van der Waals surface area (Å²) in [5, 5.41) is 0. The monoisotopic (exact) mass is 320 g/mol. The van der Waals surface area contributed by atoms with Crippen LogP contribution in [0.25, 0.3) is 0 Å². The first kappa shape index (κ1) is 14.9. The van der Waals surface area contributed by atoms with Gasteiger partial charge in [-0.3, -0.25) is 19.2 Å². The van der Waals surface area contributed by atoms with Crippen molar-refractivity contribution in [3.05, 3.63) is 58.7 Å². The van der Waals surface area contributed by atoms with Gasteiger partial charge in [0.2, 0.25) is 0 Å². The van der Waals surface area contributed by atoms with Crippen LogP contribution in [-0.2, 0) is 9.59 Å². The Morgan fingerprint density at radius 3 is 1.42 bits per heavy atom. The van der Waals surface area contributed by atoms with E-state index >= 15 is 0 Å². The first-order valence-corrected chi connectivity index (χ1v) is 8.13. The maximum Gasteiger partial charge on any atom is 0.198 e. The fourth-order valence-corrected chi connectivity index (χ4v) is 4.23. The standard InChI is InChI=1S/C20H16O4/c1-9-7-8-10(2)14-13(9)19(23)15-16(20(14)24)18(22)12-6-4-3-5-11(12)17(15)21/h3-10,13-14H,1-2H3. The van der Waals surface area contributed by atoms with Crippen LogP contribution < -0.4 is 0 Å². The molecule has 4 unspecified atom stereocenters. The number of ketones is 4. The normalized spacial score (nSPS) is 31.8. The first-order chi connectivity index (χ1) is 11.4. The third kappa shape index (κ3) is 1.74. The average molecular weight is 320 g/mol. The van der Waals surface area contributed by atoms with Gasteiger partial charge in [-0.2, -0.15) is 0 Å². The Labute approximate surface area is 139 Å². The van der Waals surface area contributed by atoms with Gasteiger partial charge in [-0.05, 0) is 11.8 Å². The zero-order valence-corrected chi connectivity index (χ0v) is 13.4. The molecule has 0 amide bonds. The lowest BCUT2D eigenvalue weighted by Crippen LogP contribution is -2.49. The Morgan fingerprint density at radius 2 is 1.04 bits per heavy atom. The van der Waals surface area contributed by atoms with Crippen molar-refractivity contribution >= 4 is 23.1 Å². The molecule has 0 spiro atoms. The largest absolute Gasteiger partial charge is 0.294 e. The summed E-state index contributed by atoms with van der Waals surface area (Å²) in [5.74, 6) is -3.07. The third-order valence-electron chi connectivity index (χ3n) is 5.46. The molecule has 0 aliphatic heterocycles. The number of carbonyl (C=O) groups is 4. The van der Waals surface area contributed by atoms with Crippen molar-refractivity contribution < 1.29 is 19.2 Å². The summed E-state index contributed by atoms with van der Waals surface area (Å²) in [7, 11) is 0. The molecule has 4 rings (SSSR count). The van der Waals surface area contributed by atoms with Crippen LogP contribution in [-0.4, -0.2) is 23.1 Å². The number of hydrogen-bond acceptors (Lipinski definition) is 4. The van der Waals surface area contributed by atoms with Crippen LogP contribution in [0.3, 0.4) is 0 Å². The van der Waals surface area contributed by atoms with Gasteiger partial charge in [0.05, 0.1) is 11.1 Å². The minimum atomic E-state index is -0.557. The summed E-state index contributed by atoms with van der Waals surface area (Å²) in [4.78, 5) is 51.7. The van der Waals surface area contributed by atoms with Crippen molar-refractivity contribution in [2.45, 2.75) is 13.8 Å². The number of rotatable bonds is 0. The number of carbonyl (C=O) groups excluding carboxylic acids is 4. The highest BCUT2D eigenvalue weighted by Crippen LogP contribution is 2.44. The van der Waals surface area contributed by atoms with E-state index in [-0.39, 0.29) is 45.7 Å². The van der Waals surface area contributed by atoms with E-state index in [0.29, 0.717) is 0 Å². The number of hydrogen-bond donors (Lipinski definition) is 0. The van der Waals surface area contributed by atoms with Gasteiger partial charge in [-0.15, -0.1) is 0 Å². The Morgan fingerprint density at radius 1 is 0.667 bits per heavy atom. The van der Waals surface area contributed by atoms with E-state index in [9.17, 15) is 19.2 Å². The molecular weight excluding hydrogens is 304 g/mol. The molecule has 0 heterocycles. The maximum absolute atomic E-state index is 13.0. The van der Waals surface area contributed by atoms with Crippen LogP contribution in [0.5, 0.6) is 0 Å². The molecule has 24 heavy (non-hydrogen) atoms. The minimum absolute atomic E-state index is 0.128. The van der Waals surface area contributed by atoms with E-state index in [0.717, 1.165) is 0 Å². The van der Waals surface area contributed by atoms with Crippen LogP contribution in [0, 0.1) is 23.7 Å². The number of benzene rings is 1. The highest BCUT2D eigenvalue weighted by atomic mass is 16.2. The van der Waals surface area contributed by atoms with Crippen molar-refractivity contribution in [3.8, 4) is 0 Å². The smallest absolute Gasteiger partial charge is 0.198 e. The number of allylic oxidation sites excluding steroid dienone is 4. The van der Waals surface area contributed by atoms with E-state index in [1.165, 1.54) is 12.1 Å². The van der Waals surface area contributed by atoms with Gasteiger partial charge in [-0.25, -0.2) is 0 Å². The molecule has 1 aromatic carbocycles. The lowest BCUT2D eigenvalue weighted by Gasteiger charge is -2.40. The zero-order valence-electron chi connectivity index (χ0n) is 13.4. The molecule has 0 radical (unpaired) electrons. The summed E-state index contributed by atoms with van der Waals surface area (Å²) in [6, 6.07) is 6.38. The van der Waals surface area contributed by atoms with Gasteiger partial charge in [0.25, 0.3) is 0 Å². The van der Waals surface area contributed by atoms with E-state index in [1.807, 2.05) is 26.0 Å². The summed E-state index contributed by atoms with van der Waals surface area (Å²) in [5.41, 5.74) is 0.0411. The Hall–Kier alpha value is -2.62. The molecule has 0 fully saturated rings. The highest BCUT2D eigenvalue weighted by Gasteiger charge is 2.53. The SMILES string of the molecule is CC1C=CC(C)C2C(=O)C3=C(C(=O)c4ccccc4C3=O)C(=O)C12. The van der Waals surface area contributed by atoms with Crippen LogP contribution in [0.15, 0.2) is 47.6 Å². The van der Waals surface area contributed by atoms with Crippen molar-refractivity contribution in [1.29, 1.82) is 0 Å². The van der Waals surface area contributed by atoms with Crippen LogP contribution in [0.2, 0.25) is 0 Å². The fourth-order valence-electron chi connectivity index (χ4n) is 4.23. The van der Waals surface area contributed by atoms with Crippen molar-refractivity contribution in [2.75, 3.05) is 0 Å². The third-order valence-corrected chi connectivity index (χ3v) is 5.46. The number of fused-ring (bicyclic) bond motifs is 2. The van der Waals surface area contributed by atoms with Crippen molar-refractivity contribution in [2.24, 2.45) is 23.7 Å². The zero-order chi connectivity index (χ0) is 17.2. The molecule has 120 valence electrons. The highest BCUT2D eigenvalue weighted by molar-refractivity contribution is 6.45. The molecule has 0 saturated carbocycles. The molecule has 1 aromatic rings. The molecule has 4 atom stereocenters. The summed E-state index contributed by atoms with van der Waals surface area (Å²) < 4.78 is 0. The van der Waals surface area contributed by atoms with E-state index in [1.54, 1.807) is 12.1 Å². The van der Waals surface area contributed by atoms with Gasteiger partial charge in [0, 0.05) is 23.0 Å². The molecular formula is C20H16O4. The van der Waals surface area contributed by atoms with Gasteiger partial charge in [0.15, 0.2) is 23.1 Å². The van der Waals surface area contributed by atoms with Crippen LogP contribution in [0.1, 0.15) is 34.6 Å². The first-order valence-electron chi connectivity index (χ1n) is 8.13. The molecule has 0 saturated heterocycles. The van der Waals surface area contributed by atoms with Crippen molar-refractivity contribution in [3.63, 3.8) is 0 Å². The second-order valence-corrected chi connectivity index (χ2v) is 6.84. The second-order valence-electron chi connectivity index (χ2n) is 6.84. The molecule has 4 heteroatoms. The van der Waals surface area contributed by atoms with E-state index in [2.05, 4.69) is 0 Å².